The molecule has 1 rings (SSSR count). The summed E-state index contributed by atoms with van der Waals surface area (Å²) in [7, 11) is 0. The molecule has 0 aromatic rings. The van der Waals surface area contributed by atoms with Crippen molar-refractivity contribution in [3.8, 4) is 0 Å². The maximum Gasteiger partial charge on any atom is 0.0855 e. The summed E-state index contributed by atoms with van der Waals surface area (Å²) in [5, 5.41) is 14.2. The van der Waals surface area contributed by atoms with E-state index >= 15 is 0 Å². The summed E-state index contributed by atoms with van der Waals surface area (Å²) < 4.78 is 0. The zero-order chi connectivity index (χ0) is 13.3. The van der Waals surface area contributed by atoms with Crippen LogP contribution >= 0.6 is 0 Å². The highest BCUT2D eigenvalue weighted by molar-refractivity contribution is 5.07. The maximum atomic E-state index is 10.6. The minimum atomic E-state index is -0.607. The first-order chi connectivity index (χ1) is 8.73. The lowest BCUT2D eigenvalue weighted by atomic mass is 9.86. The maximum absolute atomic E-state index is 10.6. The topological polar surface area (TPSA) is 69.0 Å². The second-order valence-corrected chi connectivity index (χ2v) is 5.22. The first-order valence-corrected chi connectivity index (χ1v) is 7.14. The van der Waals surface area contributed by atoms with Gasteiger partial charge >= 0.3 is 0 Å². The third kappa shape index (κ3) is 4.71. The first kappa shape index (κ1) is 15.1. The largest absolute Gasteiger partial charge is 0.386 e. The van der Waals surface area contributed by atoms with Crippen molar-refractivity contribution in [1.82, 2.24) is 0 Å². The molecule has 18 heavy (non-hydrogen) atoms. The van der Waals surface area contributed by atoms with Gasteiger partial charge in [-0.05, 0) is 50.0 Å². The van der Waals surface area contributed by atoms with Gasteiger partial charge in [0.25, 0.3) is 0 Å². The van der Waals surface area contributed by atoms with E-state index in [1.54, 1.807) is 0 Å². The molecule has 0 aromatic heterocycles. The van der Waals surface area contributed by atoms with Crippen LogP contribution in [0.15, 0.2) is 17.3 Å². The van der Waals surface area contributed by atoms with Crippen molar-refractivity contribution >= 4 is 0 Å². The zero-order valence-electron chi connectivity index (χ0n) is 11.4. The van der Waals surface area contributed by atoms with E-state index in [1.165, 1.54) is 12.8 Å². The second kappa shape index (κ2) is 8.17. The quantitative estimate of drug-likeness (QED) is 0.225. The minimum Gasteiger partial charge on any atom is -0.386 e. The van der Waals surface area contributed by atoms with E-state index in [2.05, 4.69) is 23.0 Å². The Balaban J connectivity index is 2.40. The molecule has 1 saturated carbocycles. The summed E-state index contributed by atoms with van der Waals surface area (Å²) >= 11 is 0. The highest BCUT2D eigenvalue weighted by Crippen LogP contribution is 2.39. The number of nitrogens with zero attached hydrogens (tertiary/aromatic N) is 3. The van der Waals surface area contributed by atoms with Crippen molar-refractivity contribution < 1.29 is 5.11 Å². The van der Waals surface area contributed by atoms with Gasteiger partial charge in [0, 0.05) is 11.5 Å². The standard InChI is InChI=1S/C14H25N3O/c1-2-3-4-5-10-14(18)11-6-8-13(14)9-7-12-16-17-15/h5,10,13,18H,2-4,6-9,11-12H2,1H3/b10-5+/t13-,14-/m0/s1. The van der Waals surface area contributed by atoms with Crippen LogP contribution < -0.4 is 0 Å². The van der Waals surface area contributed by atoms with Crippen molar-refractivity contribution in [2.24, 2.45) is 11.0 Å². The minimum absolute atomic E-state index is 0.337. The van der Waals surface area contributed by atoms with Crippen molar-refractivity contribution in [3.63, 3.8) is 0 Å². The number of allylic oxidation sites excluding steroid dienone is 1. The van der Waals surface area contributed by atoms with Crippen molar-refractivity contribution in [2.75, 3.05) is 6.54 Å². The SMILES string of the molecule is CCCC/C=C/[C@]1(O)CCC[C@H]1CCCN=[N+]=[N-]. The zero-order valence-corrected chi connectivity index (χ0v) is 11.4. The molecule has 0 unspecified atom stereocenters. The summed E-state index contributed by atoms with van der Waals surface area (Å²) in [4.78, 5) is 2.75. The van der Waals surface area contributed by atoms with Crippen LogP contribution in [0.5, 0.6) is 0 Å². The molecule has 102 valence electrons. The Kier molecular flexibility index (Phi) is 6.84. The molecule has 1 fully saturated rings. The van der Waals surface area contributed by atoms with Crippen LogP contribution in [0.4, 0.5) is 0 Å². The molecule has 0 heterocycles. The number of hydrogen-bond donors (Lipinski definition) is 1. The molecule has 0 aromatic carbocycles. The molecule has 1 aliphatic carbocycles. The predicted octanol–water partition coefficient (Wildman–Crippen LogP) is 4.35. The molecule has 1 N–H and O–H groups in total. The third-order valence-corrected chi connectivity index (χ3v) is 3.84. The summed E-state index contributed by atoms with van der Waals surface area (Å²) in [6.45, 7) is 2.72. The van der Waals surface area contributed by atoms with Crippen LogP contribution in [0.3, 0.4) is 0 Å². The molecule has 1 aliphatic rings. The highest BCUT2D eigenvalue weighted by Gasteiger charge is 2.37. The van der Waals surface area contributed by atoms with Gasteiger partial charge in [0.15, 0.2) is 0 Å². The summed E-state index contributed by atoms with van der Waals surface area (Å²) in [5.41, 5.74) is 7.62. The van der Waals surface area contributed by atoms with Gasteiger partial charge in [-0.15, -0.1) is 0 Å². The van der Waals surface area contributed by atoms with Gasteiger partial charge in [-0.1, -0.05) is 37.0 Å². The van der Waals surface area contributed by atoms with Gasteiger partial charge < -0.3 is 5.11 Å². The fourth-order valence-electron chi connectivity index (χ4n) is 2.76. The van der Waals surface area contributed by atoms with Gasteiger partial charge in [0.2, 0.25) is 0 Å². The van der Waals surface area contributed by atoms with Gasteiger partial charge in [0.05, 0.1) is 5.60 Å². The van der Waals surface area contributed by atoms with Crippen LogP contribution in [-0.4, -0.2) is 17.3 Å². The van der Waals surface area contributed by atoms with Gasteiger partial charge in [-0.3, -0.25) is 0 Å². The number of unbranched alkanes of at least 4 members (excludes halogenated alkanes) is 2. The van der Waals surface area contributed by atoms with E-state index in [9.17, 15) is 5.11 Å². The number of hydrogen-bond acceptors (Lipinski definition) is 2. The normalized spacial score (nSPS) is 27.6. The number of aliphatic hydroxyl groups is 1. The number of rotatable bonds is 8. The van der Waals surface area contributed by atoms with E-state index in [0.29, 0.717) is 12.5 Å². The van der Waals surface area contributed by atoms with Crippen molar-refractivity contribution in [3.05, 3.63) is 22.6 Å². The van der Waals surface area contributed by atoms with E-state index in [0.717, 1.165) is 38.5 Å². The Morgan fingerprint density at radius 3 is 3.06 bits per heavy atom. The van der Waals surface area contributed by atoms with Crippen LogP contribution in [0.1, 0.15) is 58.3 Å². The monoisotopic (exact) mass is 251 g/mol. The lowest BCUT2D eigenvalue weighted by molar-refractivity contribution is 0.0465. The summed E-state index contributed by atoms with van der Waals surface area (Å²) in [6.07, 6.45) is 12.5. The fourth-order valence-corrected chi connectivity index (χ4v) is 2.76. The molecule has 0 aliphatic heterocycles. The fraction of sp³-hybridized carbons (Fsp3) is 0.857. The molecule has 4 nitrogen and oxygen atoms in total. The smallest absolute Gasteiger partial charge is 0.0855 e. The molecular weight excluding hydrogens is 226 g/mol. The predicted molar refractivity (Wildman–Crippen MR) is 74.2 cm³/mol. The van der Waals surface area contributed by atoms with E-state index in [1.807, 2.05) is 6.08 Å². The van der Waals surface area contributed by atoms with Crippen LogP contribution in [0, 0.1) is 5.92 Å². The third-order valence-electron chi connectivity index (χ3n) is 3.84. The average Bonchev–Trinajstić information content (AvgIpc) is 2.73. The molecule has 0 radical (unpaired) electrons. The highest BCUT2D eigenvalue weighted by atomic mass is 16.3. The van der Waals surface area contributed by atoms with Crippen molar-refractivity contribution in [1.29, 1.82) is 0 Å². The Labute approximate surface area is 110 Å². The lowest BCUT2D eigenvalue weighted by Crippen LogP contribution is -2.30. The van der Waals surface area contributed by atoms with E-state index < -0.39 is 5.60 Å². The Morgan fingerprint density at radius 1 is 1.50 bits per heavy atom. The summed E-state index contributed by atoms with van der Waals surface area (Å²) in [6, 6.07) is 0. The Bertz CT molecular complexity index is 310. The van der Waals surface area contributed by atoms with Gasteiger partial charge in [-0.25, -0.2) is 0 Å². The molecule has 2 atom stereocenters. The average molecular weight is 251 g/mol. The van der Waals surface area contributed by atoms with Crippen LogP contribution in [0.2, 0.25) is 0 Å². The molecule has 0 saturated heterocycles. The molecule has 4 heteroatoms. The van der Waals surface area contributed by atoms with E-state index in [4.69, 9.17) is 5.53 Å². The second-order valence-electron chi connectivity index (χ2n) is 5.22. The molecule has 0 amide bonds. The molecule has 0 bridgehead atoms. The lowest BCUT2D eigenvalue weighted by Gasteiger charge is -2.26. The molecule has 0 spiro atoms. The van der Waals surface area contributed by atoms with Gasteiger partial charge in [0.1, 0.15) is 0 Å². The first-order valence-electron chi connectivity index (χ1n) is 7.14. The Hall–Kier alpha value is -0.990. The molecular formula is C14H25N3O. The Morgan fingerprint density at radius 2 is 2.33 bits per heavy atom. The van der Waals surface area contributed by atoms with Crippen LogP contribution in [0.25, 0.3) is 10.4 Å². The summed E-state index contributed by atoms with van der Waals surface area (Å²) in [5.74, 6) is 0.337. The number of azide groups is 1. The van der Waals surface area contributed by atoms with E-state index in [-0.39, 0.29) is 0 Å². The van der Waals surface area contributed by atoms with Gasteiger partial charge in [-0.2, -0.15) is 0 Å². The van der Waals surface area contributed by atoms with Crippen LogP contribution in [-0.2, 0) is 0 Å². The van der Waals surface area contributed by atoms with Crippen molar-refractivity contribution in [2.45, 2.75) is 63.9 Å².